The first-order valence-electron chi connectivity index (χ1n) is 8.84. The van der Waals surface area contributed by atoms with Crippen molar-refractivity contribution in [3.63, 3.8) is 0 Å². The summed E-state index contributed by atoms with van der Waals surface area (Å²) < 4.78 is 28.2. The number of hydrogen-bond donors (Lipinski definition) is 2. The van der Waals surface area contributed by atoms with E-state index in [1.54, 1.807) is 17.0 Å². The summed E-state index contributed by atoms with van der Waals surface area (Å²) in [6.07, 6.45) is 0. The minimum Gasteiger partial charge on any atom is -0.359 e. The summed E-state index contributed by atoms with van der Waals surface area (Å²) in [5.74, 6) is 0. The molecule has 0 aromatic heterocycles. The molecule has 0 amide bonds. The fourth-order valence-corrected chi connectivity index (χ4v) is 4.43. The number of nitrogens with zero attached hydrogens (tertiary/aromatic N) is 2. The number of nitrogens with one attached hydrogen (secondary N) is 2. The largest absolute Gasteiger partial charge is 0.359 e. The predicted molar refractivity (Wildman–Crippen MR) is 107 cm³/mol. The molecule has 1 saturated heterocycles. The van der Waals surface area contributed by atoms with Gasteiger partial charge in [-0.1, -0.05) is 11.6 Å². The average Bonchev–Trinajstić information content (AvgIpc) is 2.68. The lowest BCUT2D eigenvalue weighted by molar-refractivity contribution is -0.898. The van der Waals surface area contributed by atoms with Gasteiger partial charge in [-0.3, -0.25) is 4.72 Å². The van der Waals surface area contributed by atoms with Gasteiger partial charge in [-0.2, -0.15) is 5.26 Å². The SMILES string of the molecule is CC[NH+]1CCN(c2ccc(Cl)cc2NS(=O)(=O)c2ccc(C#N)cc2)CC1. The van der Waals surface area contributed by atoms with Crippen molar-refractivity contribution in [1.82, 2.24) is 0 Å². The normalized spacial score (nSPS) is 15.4. The Morgan fingerprint density at radius 1 is 1.19 bits per heavy atom. The predicted octanol–water partition coefficient (Wildman–Crippen LogP) is 1.74. The van der Waals surface area contributed by atoms with Crippen molar-refractivity contribution in [2.75, 3.05) is 42.3 Å². The van der Waals surface area contributed by atoms with E-state index in [9.17, 15) is 8.42 Å². The lowest BCUT2D eigenvalue weighted by Gasteiger charge is -2.34. The minimum absolute atomic E-state index is 0.104. The summed E-state index contributed by atoms with van der Waals surface area (Å²) in [7, 11) is -3.78. The first-order valence-corrected chi connectivity index (χ1v) is 10.7. The van der Waals surface area contributed by atoms with Crippen molar-refractivity contribution in [1.29, 1.82) is 5.26 Å². The number of anilines is 2. The molecule has 142 valence electrons. The third-order valence-corrected chi connectivity index (χ3v) is 6.42. The Bertz CT molecular complexity index is 947. The third kappa shape index (κ3) is 4.53. The number of benzene rings is 2. The number of sulfonamides is 1. The molecule has 8 heteroatoms. The highest BCUT2D eigenvalue weighted by molar-refractivity contribution is 7.92. The van der Waals surface area contributed by atoms with Gasteiger partial charge in [0.2, 0.25) is 0 Å². The summed E-state index contributed by atoms with van der Waals surface area (Å²) in [6.45, 7) is 7.01. The van der Waals surface area contributed by atoms with E-state index in [4.69, 9.17) is 16.9 Å². The summed E-state index contributed by atoms with van der Waals surface area (Å²) in [6, 6.07) is 13.1. The standard InChI is InChI=1S/C19H21ClN4O2S/c1-2-23-9-11-24(12-10-23)19-8-5-16(20)13-18(19)22-27(25,26)17-6-3-15(14-21)4-7-17/h3-8,13,22H,2,9-12H2,1H3/p+1. The highest BCUT2D eigenvalue weighted by Gasteiger charge is 2.23. The highest BCUT2D eigenvalue weighted by atomic mass is 35.5. The number of halogens is 1. The van der Waals surface area contributed by atoms with Gasteiger partial charge in [0.15, 0.2) is 0 Å². The van der Waals surface area contributed by atoms with Crippen molar-refractivity contribution in [3.05, 3.63) is 53.1 Å². The van der Waals surface area contributed by atoms with E-state index in [1.807, 2.05) is 12.1 Å². The smallest absolute Gasteiger partial charge is 0.261 e. The van der Waals surface area contributed by atoms with Crippen LogP contribution in [0, 0.1) is 11.3 Å². The van der Waals surface area contributed by atoms with E-state index in [1.165, 1.54) is 24.3 Å². The molecule has 2 N–H and O–H groups in total. The third-order valence-electron chi connectivity index (χ3n) is 4.81. The molecule has 27 heavy (non-hydrogen) atoms. The molecule has 0 radical (unpaired) electrons. The fraction of sp³-hybridized carbons (Fsp3) is 0.316. The van der Waals surface area contributed by atoms with Gasteiger partial charge < -0.3 is 9.80 Å². The van der Waals surface area contributed by atoms with Crippen LogP contribution in [0.5, 0.6) is 0 Å². The second kappa shape index (κ2) is 8.17. The Kier molecular flexibility index (Phi) is 5.90. The van der Waals surface area contributed by atoms with E-state index in [0.29, 0.717) is 16.3 Å². The second-order valence-electron chi connectivity index (χ2n) is 6.49. The molecule has 1 fully saturated rings. The molecule has 1 aliphatic heterocycles. The van der Waals surface area contributed by atoms with E-state index in [2.05, 4.69) is 16.5 Å². The average molecular weight is 406 g/mol. The molecule has 0 bridgehead atoms. The molecule has 6 nitrogen and oxygen atoms in total. The van der Waals surface area contributed by atoms with Crippen molar-refractivity contribution in [2.24, 2.45) is 0 Å². The summed E-state index contributed by atoms with van der Waals surface area (Å²) in [5, 5.41) is 9.34. The van der Waals surface area contributed by atoms with Gasteiger partial charge >= 0.3 is 0 Å². The maximum atomic E-state index is 12.8. The lowest BCUT2D eigenvalue weighted by atomic mass is 10.2. The number of hydrogen-bond acceptors (Lipinski definition) is 4. The number of rotatable bonds is 5. The fourth-order valence-electron chi connectivity index (χ4n) is 3.20. The van der Waals surface area contributed by atoms with Crippen LogP contribution >= 0.6 is 11.6 Å². The quantitative estimate of drug-likeness (QED) is 0.794. The van der Waals surface area contributed by atoms with Crippen LogP contribution in [0.15, 0.2) is 47.4 Å². The molecule has 2 aromatic carbocycles. The van der Waals surface area contributed by atoms with Gasteiger partial charge in [0.25, 0.3) is 10.0 Å². The molecule has 0 unspecified atom stereocenters. The van der Waals surface area contributed by atoms with Gasteiger partial charge in [0.05, 0.1) is 60.6 Å². The zero-order chi connectivity index (χ0) is 19.4. The Labute approximate surface area is 165 Å². The Morgan fingerprint density at radius 2 is 1.85 bits per heavy atom. The molecular weight excluding hydrogens is 384 g/mol. The molecule has 1 aliphatic rings. The van der Waals surface area contributed by atoms with Gasteiger partial charge in [-0.15, -0.1) is 0 Å². The number of piperazine rings is 1. The first-order chi connectivity index (χ1) is 12.9. The summed E-state index contributed by atoms with van der Waals surface area (Å²) in [4.78, 5) is 3.83. The zero-order valence-corrected chi connectivity index (χ0v) is 16.6. The van der Waals surface area contributed by atoms with E-state index < -0.39 is 10.0 Å². The maximum Gasteiger partial charge on any atom is 0.261 e. The van der Waals surface area contributed by atoms with Crippen molar-refractivity contribution < 1.29 is 13.3 Å². The number of nitriles is 1. The number of quaternary nitrogens is 1. The van der Waals surface area contributed by atoms with Gasteiger partial charge in [0.1, 0.15) is 0 Å². The summed E-state index contributed by atoms with van der Waals surface area (Å²) in [5.41, 5.74) is 1.70. The minimum atomic E-state index is -3.78. The zero-order valence-electron chi connectivity index (χ0n) is 15.1. The molecule has 1 heterocycles. The highest BCUT2D eigenvalue weighted by Crippen LogP contribution is 2.31. The van der Waals surface area contributed by atoms with Crippen molar-refractivity contribution in [3.8, 4) is 6.07 Å². The molecule has 0 aliphatic carbocycles. The molecule has 2 aromatic rings. The van der Waals surface area contributed by atoms with Gasteiger partial charge in [-0.25, -0.2) is 8.42 Å². The van der Waals surface area contributed by atoms with E-state index in [-0.39, 0.29) is 4.90 Å². The van der Waals surface area contributed by atoms with Crippen LogP contribution in [0.1, 0.15) is 12.5 Å². The topological polar surface area (TPSA) is 77.6 Å². The molecule has 0 spiro atoms. The Morgan fingerprint density at radius 3 is 2.44 bits per heavy atom. The van der Waals surface area contributed by atoms with Crippen LogP contribution < -0.4 is 14.5 Å². The van der Waals surface area contributed by atoms with Crippen LogP contribution in [0.2, 0.25) is 5.02 Å². The Balaban J connectivity index is 1.87. The molecule has 0 atom stereocenters. The Hall–Kier alpha value is -2.27. The first kappa shape index (κ1) is 19.5. The van der Waals surface area contributed by atoms with Gasteiger partial charge in [0, 0.05) is 5.02 Å². The molecule has 3 rings (SSSR count). The van der Waals surface area contributed by atoms with Crippen LogP contribution in [0.25, 0.3) is 0 Å². The molecule has 0 saturated carbocycles. The number of likely N-dealkylation sites (N-methyl/N-ethyl adjacent to an activating group) is 1. The van der Waals surface area contributed by atoms with E-state index >= 15 is 0 Å². The second-order valence-corrected chi connectivity index (χ2v) is 8.61. The van der Waals surface area contributed by atoms with E-state index in [0.717, 1.165) is 38.4 Å². The van der Waals surface area contributed by atoms with Crippen LogP contribution in [-0.4, -0.2) is 41.1 Å². The van der Waals surface area contributed by atoms with Crippen molar-refractivity contribution in [2.45, 2.75) is 11.8 Å². The van der Waals surface area contributed by atoms with Crippen LogP contribution in [-0.2, 0) is 10.0 Å². The monoisotopic (exact) mass is 405 g/mol. The van der Waals surface area contributed by atoms with Crippen molar-refractivity contribution >= 4 is 33.0 Å². The summed E-state index contributed by atoms with van der Waals surface area (Å²) >= 11 is 6.12. The van der Waals surface area contributed by atoms with Gasteiger partial charge in [-0.05, 0) is 49.4 Å². The van der Waals surface area contributed by atoms with Crippen LogP contribution in [0.4, 0.5) is 11.4 Å². The van der Waals surface area contributed by atoms with Crippen LogP contribution in [0.3, 0.4) is 0 Å². The maximum absolute atomic E-state index is 12.8. The molecular formula is C19H22ClN4O2S+. The lowest BCUT2D eigenvalue weighted by Crippen LogP contribution is -3.14.